The maximum atomic E-state index is 5.65. The van der Waals surface area contributed by atoms with Crippen LogP contribution in [-0.2, 0) is 6.54 Å². The molecule has 17 heavy (non-hydrogen) atoms. The number of hydrogen-bond donors (Lipinski definition) is 2. The lowest BCUT2D eigenvalue weighted by molar-refractivity contribution is 0.454. The summed E-state index contributed by atoms with van der Waals surface area (Å²) in [6.07, 6.45) is 6.59. The molecular formula is C13H18N4. The van der Waals surface area contributed by atoms with Crippen molar-refractivity contribution in [1.82, 2.24) is 14.7 Å². The highest BCUT2D eigenvalue weighted by Gasteiger charge is 2.17. The van der Waals surface area contributed by atoms with Gasteiger partial charge in [-0.25, -0.2) is 4.98 Å². The second kappa shape index (κ2) is 4.47. The molecule has 2 aromatic rings. The van der Waals surface area contributed by atoms with Crippen molar-refractivity contribution in [1.29, 1.82) is 0 Å². The van der Waals surface area contributed by atoms with Gasteiger partial charge in [-0.05, 0) is 43.6 Å². The fourth-order valence-electron chi connectivity index (χ4n) is 2.49. The molecule has 0 unspecified atom stereocenters. The molecule has 3 heterocycles. The Kier molecular flexibility index (Phi) is 2.82. The van der Waals surface area contributed by atoms with E-state index < -0.39 is 0 Å². The number of rotatable bonds is 2. The average Bonchev–Trinajstić information content (AvgIpc) is 2.82. The Morgan fingerprint density at radius 1 is 1.41 bits per heavy atom. The molecule has 0 bridgehead atoms. The highest BCUT2D eigenvalue weighted by molar-refractivity contribution is 5.43. The minimum Gasteiger partial charge on any atom is -0.326 e. The van der Waals surface area contributed by atoms with Gasteiger partial charge in [0.1, 0.15) is 5.65 Å². The van der Waals surface area contributed by atoms with Crippen molar-refractivity contribution in [3.63, 3.8) is 0 Å². The Morgan fingerprint density at radius 2 is 2.24 bits per heavy atom. The van der Waals surface area contributed by atoms with Crippen LogP contribution in [-0.4, -0.2) is 22.5 Å². The number of hydrogen-bond acceptors (Lipinski definition) is 3. The van der Waals surface area contributed by atoms with Crippen LogP contribution in [0, 0.1) is 0 Å². The summed E-state index contributed by atoms with van der Waals surface area (Å²) in [5.41, 5.74) is 9.02. The van der Waals surface area contributed by atoms with Gasteiger partial charge in [0.15, 0.2) is 0 Å². The first-order chi connectivity index (χ1) is 8.36. The van der Waals surface area contributed by atoms with Gasteiger partial charge in [0.2, 0.25) is 0 Å². The molecule has 0 aromatic carbocycles. The van der Waals surface area contributed by atoms with Gasteiger partial charge >= 0.3 is 0 Å². The Morgan fingerprint density at radius 3 is 3.00 bits per heavy atom. The van der Waals surface area contributed by atoms with Crippen LogP contribution in [0.5, 0.6) is 0 Å². The predicted molar refractivity (Wildman–Crippen MR) is 67.9 cm³/mol. The fourth-order valence-corrected chi connectivity index (χ4v) is 2.49. The summed E-state index contributed by atoms with van der Waals surface area (Å²) in [6, 6.07) is 4.13. The summed E-state index contributed by atoms with van der Waals surface area (Å²) >= 11 is 0. The van der Waals surface area contributed by atoms with Crippen LogP contribution < -0.4 is 11.1 Å². The molecule has 0 spiro atoms. The highest BCUT2D eigenvalue weighted by Crippen LogP contribution is 2.24. The number of pyridine rings is 1. The van der Waals surface area contributed by atoms with E-state index in [0.717, 1.165) is 24.3 Å². The monoisotopic (exact) mass is 230 g/mol. The smallest absolute Gasteiger partial charge is 0.137 e. The van der Waals surface area contributed by atoms with Gasteiger partial charge in [-0.3, -0.25) is 0 Å². The molecule has 2 aromatic heterocycles. The number of fused-ring (bicyclic) bond motifs is 1. The number of imidazole rings is 1. The van der Waals surface area contributed by atoms with E-state index in [1.807, 2.05) is 0 Å². The van der Waals surface area contributed by atoms with E-state index in [9.17, 15) is 0 Å². The number of piperidine rings is 1. The SMILES string of the molecule is NCc1ccn2cc(C3CCNCC3)nc2c1. The van der Waals surface area contributed by atoms with Gasteiger partial charge < -0.3 is 15.5 Å². The normalized spacial score (nSPS) is 17.7. The summed E-state index contributed by atoms with van der Waals surface area (Å²) in [7, 11) is 0. The number of nitrogens with zero attached hydrogens (tertiary/aromatic N) is 2. The molecule has 1 aliphatic heterocycles. The molecule has 0 radical (unpaired) electrons. The first-order valence-electron chi connectivity index (χ1n) is 6.25. The van der Waals surface area contributed by atoms with Gasteiger partial charge in [-0.15, -0.1) is 0 Å². The summed E-state index contributed by atoms with van der Waals surface area (Å²) < 4.78 is 2.09. The maximum absolute atomic E-state index is 5.65. The zero-order chi connectivity index (χ0) is 11.7. The van der Waals surface area contributed by atoms with E-state index in [0.29, 0.717) is 12.5 Å². The molecule has 90 valence electrons. The van der Waals surface area contributed by atoms with Crippen molar-refractivity contribution in [2.45, 2.75) is 25.3 Å². The van der Waals surface area contributed by atoms with Gasteiger partial charge in [0.25, 0.3) is 0 Å². The molecule has 1 fully saturated rings. The van der Waals surface area contributed by atoms with E-state index in [1.54, 1.807) is 0 Å². The molecule has 0 amide bonds. The molecule has 3 rings (SSSR count). The highest BCUT2D eigenvalue weighted by atomic mass is 15.0. The molecule has 1 saturated heterocycles. The topological polar surface area (TPSA) is 55.4 Å². The first kappa shape index (κ1) is 10.7. The van der Waals surface area contributed by atoms with Crippen molar-refractivity contribution in [2.75, 3.05) is 13.1 Å². The summed E-state index contributed by atoms with van der Waals surface area (Å²) in [4.78, 5) is 4.72. The lowest BCUT2D eigenvalue weighted by atomic mass is 9.95. The van der Waals surface area contributed by atoms with Crippen molar-refractivity contribution >= 4 is 5.65 Å². The molecule has 4 heteroatoms. The minimum absolute atomic E-state index is 0.575. The summed E-state index contributed by atoms with van der Waals surface area (Å²) in [6.45, 7) is 2.78. The minimum atomic E-state index is 0.575. The van der Waals surface area contributed by atoms with Crippen molar-refractivity contribution < 1.29 is 0 Å². The Hall–Kier alpha value is -1.39. The third-order valence-corrected chi connectivity index (χ3v) is 3.54. The number of nitrogens with two attached hydrogens (primary N) is 1. The zero-order valence-electron chi connectivity index (χ0n) is 9.89. The number of aromatic nitrogens is 2. The van der Waals surface area contributed by atoms with Gasteiger partial charge in [-0.1, -0.05) is 0 Å². The Bertz CT molecular complexity index is 511. The summed E-state index contributed by atoms with van der Waals surface area (Å²) in [5, 5.41) is 3.39. The van der Waals surface area contributed by atoms with Crippen LogP contribution >= 0.6 is 0 Å². The summed E-state index contributed by atoms with van der Waals surface area (Å²) in [5.74, 6) is 0.609. The largest absolute Gasteiger partial charge is 0.326 e. The predicted octanol–water partition coefficient (Wildman–Crippen LogP) is 1.26. The molecule has 0 atom stereocenters. The van der Waals surface area contributed by atoms with Crippen LogP contribution in [0.15, 0.2) is 24.5 Å². The Labute approximate surface area is 101 Å². The molecule has 4 nitrogen and oxygen atoms in total. The second-order valence-corrected chi connectivity index (χ2v) is 4.69. The quantitative estimate of drug-likeness (QED) is 0.816. The van der Waals surface area contributed by atoms with Crippen molar-refractivity contribution in [3.8, 4) is 0 Å². The lowest BCUT2D eigenvalue weighted by Gasteiger charge is -2.20. The molecule has 0 aliphatic carbocycles. The van der Waals surface area contributed by atoms with E-state index in [2.05, 4.69) is 34.2 Å². The zero-order valence-corrected chi connectivity index (χ0v) is 9.89. The maximum Gasteiger partial charge on any atom is 0.137 e. The number of nitrogens with one attached hydrogen (secondary N) is 1. The van der Waals surface area contributed by atoms with Crippen LogP contribution in [0.2, 0.25) is 0 Å². The van der Waals surface area contributed by atoms with Gasteiger partial charge in [-0.2, -0.15) is 0 Å². The van der Waals surface area contributed by atoms with Gasteiger partial charge in [0, 0.05) is 24.9 Å². The molecular weight excluding hydrogens is 212 g/mol. The first-order valence-corrected chi connectivity index (χ1v) is 6.25. The molecule has 1 aliphatic rings. The third-order valence-electron chi connectivity index (χ3n) is 3.54. The van der Waals surface area contributed by atoms with Gasteiger partial charge in [0.05, 0.1) is 5.69 Å². The second-order valence-electron chi connectivity index (χ2n) is 4.69. The van der Waals surface area contributed by atoms with Crippen LogP contribution in [0.4, 0.5) is 0 Å². The average molecular weight is 230 g/mol. The lowest BCUT2D eigenvalue weighted by Crippen LogP contribution is -2.26. The van der Waals surface area contributed by atoms with E-state index >= 15 is 0 Å². The van der Waals surface area contributed by atoms with Crippen LogP contribution in [0.1, 0.15) is 30.0 Å². The van der Waals surface area contributed by atoms with Crippen LogP contribution in [0.25, 0.3) is 5.65 Å². The Balaban J connectivity index is 1.95. The molecule has 3 N–H and O–H groups in total. The van der Waals surface area contributed by atoms with E-state index in [-0.39, 0.29) is 0 Å². The third kappa shape index (κ3) is 2.06. The van der Waals surface area contributed by atoms with Crippen LogP contribution in [0.3, 0.4) is 0 Å². The van der Waals surface area contributed by atoms with Crippen molar-refractivity contribution in [3.05, 3.63) is 35.8 Å². The van der Waals surface area contributed by atoms with Crippen molar-refractivity contribution in [2.24, 2.45) is 5.73 Å². The standard InChI is InChI=1S/C13H18N4/c14-8-10-3-6-17-9-12(16-13(17)7-10)11-1-4-15-5-2-11/h3,6-7,9,11,15H,1-2,4-5,8,14H2. The van der Waals surface area contributed by atoms with E-state index in [4.69, 9.17) is 10.7 Å². The molecule has 0 saturated carbocycles. The fraction of sp³-hybridized carbons (Fsp3) is 0.462. The van der Waals surface area contributed by atoms with E-state index in [1.165, 1.54) is 18.5 Å².